The highest BCUT2D eigenvalue weighted by molar-refractivity contribution is 7.89. The molecule has 160 valence electrons. The Morgan fingerprint density at radius 3 is 2.68 bits per heavy atom. The van der Waals surface area contributed by atoms with Crippen LogP contribution in [0.2, 0.25) is 0 Å². The number of fused-ring (bicyclic) bond motifs is 1. The molecule has 0 aliphatic rings. The number of hydrogen-bond acceptors (Lipinski definition) is 7. The van der Waals surface area contributed by atoms with Gasteiger partial charge in [-0.15, -0.1) is 0 Å². The van der Waals surface area contributed by atoms with E-state index in [0.717, 1.165) is 16.6 Å². The average molecular weight is 441 g/mol. The number of nitrogens with zero attached hydrogens (tertiary/aromatic N) is 3. The minimum Gasteiger partial charge on any atom is -0.340 e. The van der Waals surface area contributed by atoms with Crippen molar-refractivity contribution >= 4 is 43.9 Å². The van der Waals surface area contributed by atoms with E-state index < -0.39 is 16.5 Å². The highest BCUT2D eigenvalue weighted by Gasteiger charge is 2.11. The van der Waals surface area contributed by atoms with E-state index in [1.165, 1.54) is 12.5 Å². The van der Waals surface area contributed by atoms with E-state index in [-0.39, 0.29) is 11.7 Å². The molecule has 31 heavy (non-hydrogen) atoms. The van der Waals surface area contributed by atoms with Gasteiger partial charge in [0.2, 0.25) is 5.95 Å². The minimum absolute atomic E-state index is 0.0634. The molecule has 2 heterocycles. The molecule has 4 aromatic rings. The molecule has 4 rings (SSSR count). The number of aromatic amines is 1. The second-order valence-corrected chi connectivity index (χ2v) is 9.44. The second kappa shape index (κ2) is 8.31. The average Bonchev–Trinajstić information content (AvgIpc) is 3.07. The van der Waals surface area contributed by atoms with Crippen LogP contribution in [0.3, 0.4) is 0 Å². The summed E-state index contributed by atoms with van der Waals surface area (Å²) >= 11 is 0. The predicted octanol–water partition coefficient (Wildman–Crippen LogP) is 4.16. The lowest BCUT2D eigenvalue weighted by Crippen LogP contribution is -2.05. The Bertz CT molecular complexity index is 1350. The molecule has 0 spiro atoms. The number of benzene rings is 2. The normalized spacial score (nSPS) is 11.6. The Kier molecular flexibility index (Phi) is 5.55. The van der Waals surface area contributed by atoms with Gasteiger partial charge in [0, 0.05) is 40.5 Å². The van der Waals surface area contributed by atoms with Crippen LogP contribution in [0, 0.1) is 6.92 Å². The van der Waals surface area contributed by atoms with E-state index in [0.29, 0.717) is 28.3 Å². The molecule has 2 aromatic heterocycles. The molecule has 0 fully saturated rings. The summed E-state index contributed by atoms with van der Waals surface area (Å²) in [6.45, 7) is 1.22. The van der Waals surface area contributed by atoms with Gasteiger partial charge in [0.05, 0.1) is 11.3 Å². The van der Waals surface area contributed by atoms with Gasteiger partial charge in [-0.1, -0.05) is 12.1 Å². The van der Waals surface area contributed by atoms with Crippen molar-refractivity contribution in [3.8, 4) is 0 Å². The second-order valence-electron chi connectivity index (χ2n) is 7.30. The molecule has 0 unspecified atom stereocenters. The van der Waals surface area contributed by atoms with Crippen LogP contribution in [0.5, 0.6) is 0 Å². The number of aromatic nitrogens is 4. The van der Waals surface area contributed by atoms with E-state index in [4.69, 9.17) is 0 Å². The summed E-state index contributed by atoms with van der Waals surface area (Å²) in [7, 11) is -3.15. The number of sulfone groups is 1. The van der Waals surface area contributed by atoms with Crippen molar-refractivity contribution < 1.29 is 12.8 Å². The smallest absolute Gasteiger partial charge is 0.229 e. The molecule has 2 aromatic carbocycles. The van der Waals surface area contributed by atoms with E-state index in [1.54, 1.807) is 24.3 Å². The highest BCUT2D eigenvalue weighted by Crippen LogP contribution is 2.25. The van der Waals surface area contributed by atoms with Crippen LogP contribution >= 0.6 is 0 Å². The van der Waals surface area contributed by atoms with Crippen molar-refractivity contribution in [3.63, 3.8) is 0 Å². The van der Waals surface area contributed by atoms with Gasteiger partial charge < -0.3 is 10.6 Å². The number of H-pyrrole nitrogens is 1. The van der Waals surface area contributed by atoms with Crippen molar-refractivity contribution in [1.29, 1.82) is 0 Å². The van der Waals surface area contributed by atoms with Gasteiger partial charge in [-0.05, 0) is 42.8 Å². The number of aryl methyl sites for hydroxylation is 1. The first-order chi connectivity index (χ1) is 14.8. The van der Waals surface area contributed by atoms with Gasteiger partial charge in [-0.25, -0.2) is 17.8 Å². The number of nitrogens with one attached hydrogen (secondary N) is 3. The third-order valence-corrected chi connectivity index (χ3v) is 5.49. The highest BCUT2D eigenvalue weighted by atomic mass is 32.2. The van der Waals surface area contributed by atoms with Crippen LogP contribution in [0.25, 0.3) is 10.9 Å². The van der Waals surface area contributed by atoms with Crippen molar-refractivity contribution in [2.75, 3.05) is 16.9 Å². The molecule has 0 aliphatic carbocycles. The van der Waals surface area contributed by atoms with Crippen molar-refractivity contribution in [2.24, 2.45) is 0 Å². The lowest BCUT2D eigenvalue weighted by molar-refractivity contribution is 0.484. The first-order valence-electron chi connectivity index (χ1n) is 9.48. The maximum absolute atomic E-state index is 13.5. The van der Waals surface area contributed by atoms with Gasteiger partial charge in [-0.3, -0.25) is 5.10 Å². The number of anilines is 4. The molecule has 0 bridgehead atoms. The van der Waals surface area contributed by atoms with Gasteiger partial charge in [-0.2, -0.15) is 10.1 Å². The van der Waals surface area contributed by atoms with Gasteiger partial charge in [0.15, 0.2) is 9.84 Å². The molecule has 0 amide bonds. The first-order valence-corrected chi connectivity index (χ1v) is 11.5. The van der Waals surface area contributed by atoms with E-state index in [1.807, 2.05) is 25.1 Å². The molecule has 8 nitrogen and oxygen atoms in total. The fraction of sp³-hybridized carbons (Fsp3) is 0.190. The van der Waals surface area contributed by atoms with Crippen LogP contribution in [-0.2, 0) is 22.3 Å². The third-order valence-electron chi connectivity index (χ3n) is 4.63. The fourth-order valence-electron chi connectivity index (χ4n) is 3.20. The lowest BCUT2D eigenvalue weighted by atomic mass is 10.2. The molecule has 0 saturated carbocycles. The molecule has 10 heteroatoms. The summed E-state index contributed by atoms with van der Waals surface area (Å²) in [5, 5.41) is 14.4. The number of rotatable bonds is 7. The first kappa shape index (κ1) is 20.7. The summed E-state index contributed by atoms with van der Waals surface area (Å²) in [5.74, 6) is 0.526. The predicted molar refractivity (Wildman–Crippen MR) is 119 cm³/mol. The van der Waals surface area contributed by atoms with Gasteiger partial charge in [0.1, 0.15) is 12.5 Å². The minimum atomic E-state index is -3.15. The summed E-state index contributed by atoms with van der Waals surface area (Å²) in [4.78, 5) is 8.57. The Hall–Kier alpha value is -3.53. The summed E-state index contributed by atoms with van der Waals surface area (Å²) in [6.07, 6.45) is 2.60. The standard InChI is InChI=1S/C21H21FN6O2S/c1-13-18-7-6-17(9-19(18)28-27-13)24-20-15(10-22)11-23-21(26-20)25-16-5-3-4-14(8-16)12-31(2,29)30/h3-9,11H,10,12H2,1-2H3,(H,27,28)(H2,23,24,25,26). The maximum Gasteiger partial charge on any atom is 0.229 e. The Morgan fingerprint density at radius 2 is 1.90 bits per heavy atom. The molecular formula is C21H21FN6O2S. The molecule has 0 saturated heterocycles. The zero-order valence-corrected chi connectivity index (χ0v) is 17.8. The molecule has 0 atom stereocenters. The topological polar surface area (TPSA) is 113 Å². The van der Waals surface area contributed by atoms with Crippen LogP contribution in [0.15, 0.2) is 48.7 Å². The van der Waals surface area contributed by atoms with Crippen LogP contribution < -0.4 is 10.6 Å². The number of hydrogen-bond donors (Lipinski definition) is 3. The Morgan fingerprint density at radius 1 is 1.10 bits per heavy atom. The zero-order valence-electron chi connectivity index (χ0n) is 17.0. The quantitative estimate of drug-likeness (QED) is 0.395. The molecular weight excluding hydrogens is 419 g/mol. The summed E-state index contributed by atoms with van der Waals surface area (Å²) in [5.41, 5.74) is 4.07. The maximum atomic E-state index is 13.5. The summed E-state index contributed by atoms with van der Waals surface area (Å²) in [6, 6.07) is 12.6. The largest absolute Gasteiger partial charge is 0.340 e. The Balaban J connectivity index is 1.59. The fourth-order valence-corrected chi connectivity index (χ4v) is 3.99. The summed E-state index contributed by atoms with van der Waals surface area (Å²) < 4.78 is 36.6. The Labute approximate surface area is 178 Å². The monoisotopic (exact) mass is 440 g/mol. The molecule has 0 radical (unpaired) electrons. The van der Waals surface area contributed by atoms with Gasteiger partial charge >= 0.3 is 0 Å². The van der Waals surface area contributed by atoms with Crippen LogP contribution in [0.1, 0.15) is 16.8 Å². The van der Waals surface area contributed by atoms with E-state index in [9.17, 15) is 12.8 Å². The van der Waals surface area contributed by atoms with Crippen LogP contribution in [-0.4, -0.2) is 34.8 Å². The molecule has 3 N–H and O–H groups in total. The van der Waals surface area contributed by atoms with Crippen molar-refractivity contribution in [3.05, 3.63) is 65.5 Å². The zero-order chi connectivity index (χ0) is 22.0. The third kappa shape index (κ3) is 4.97. The van der Waals surface area contributed by atoms with Gasteiger partial charge in [0.25, 0.3) is 0 Å². The van der Waals surface area contributed by atoms with Crippen molar-refractivity contribution in [2.45, 2.75) is 19.4 Å². The lowest BCUT2D eigenvalue weighted by Gasteiger charge is -2.12. The van der Waals surface area contributed by atoms with Crippen molar-refractivity contribution in [1.82, 2.24) is 20.2 Å². The van der Waals surface area contributed by atoms with Crippen LogP contribution in [0.4, 0.5) is 27.5 Å². The SMILES string of the molecule is Cc1[nH]nc2cc(Nc3nc(Nc4cccc(CS(C)(=O)=O)c4)ncc3CF)ccc12. The molecule has 0 aliphatic heterocycles. The number of alkyl halides is 1. The van der Waals surface area contributed by atoms with E-state index in [2.05, 4.69) is 30.8 Å². The van der Waals surface area contributed by atoms with E-state index >= 15 is 0 Å². The number of halogens is 1.